The summed E-state index contributed by atoms with van der Waals surface area (Å²) in [5.74, 6) is 0. The lowest BCUT2D eigenvalue weighted by molar-refractivity contribution is 0.132. The highest BCUT2D eigenvalue weighted by Crippen LogP contribution is 2.08. The molecule has 0 atom stereocenters. The number of nitriles is 1. The van der Waals surface area contributed by atoms with Crippen molar-refractivity contribution in [1.82, 2.24) is 0 Å². The molecule has 0 spiro atoms. The van der Waals surface area contributed by atoms with Crippen molar-refractivity contribution in [2.75, 3.05) is 0 Å². The quantitative estimate of drug-likeness (QED) is 0.608. The maximum Gasteiger partial charge on any atom is 0.142 e. The maximum atomic E-state index is 8.80. The van der Waals surface area contributed by atoms with Gasteiger partial charge in [0.25, 0.3) is 0 Å². The summed E-state index contributed by atoms with van der Waals surface area (Å²) in [6.45, 7) is 4.13. The first-order valence-corrected chi connectivity index (χ1v) is 6.18. The van der Waals surface area contributed by atoms with E-state index in [4.69, 9.17) is 10.1 Å². The van der Waals surface area contributed by atoms with Crippen LogP contribution >= 0.6 is 0 Å². The van der Waals surface area contributed by atoms with E-state index >= 15 is 0 Å². The van der Waals surface area contributed by atoms with Crippen LogP contribution in [0.4, 0.5) is 0 Å². The predicted octanol–water partition coefficient (Wildman–Crippen LogP) is 3.75. The molecule has 0 aliphatic carbocycles. The number of nitrogens with zero attached hydrogens (tertiary/aromatic N) is 2. The Labute approximate surface area is 118 Å². The van der Waals surface area contributed by atoms with Crippen LogP contribution in [0.5, 0.6) is 0 Å². The van der Waals surface area contributed by atoms with E-state index in [-0.39, 0.29) is 0 Å². The van der Waals surface area contributed by atoms with Crippen LogP contribution in [-0.2, 0) is 11.4 Å². The monoisotopic (exact) mass is 262 g/mol. The van der Waals surface area contributed by atoms with Gasteiger partial charge in [-0.25, -0.2) is 0 Å². The number of benzene rings is 2. The Kier molecular flexibility index (Phi) is 4.69. The third kappa shape index (κ3) is 3.82. The zero-order valence-electron chi connectivity index (χ0n) is 11.0. The van der Waals surface area contributed by atoms with Crippen LogP contribution in [0.1, 0.15) is 22.3 Å². The van der Waals surface area contributed by atoms with E-state index in [9.17, 15) is 0 Å². The molecular weight excluding hydrogens is 248 g/mol. The van der Waals surface area contributed by atoms with Gasteiger partial charge in [-0.05, 0) is 34.9 Å². The van der Waals surface area contributed by atoms with E-state index in [1.165, 1.54) is 0 Å². The Balaban J connectivity index is 1.93. The normalized spacial score (nSPS) is 10.2. The van der Waals surface area contributed by atoms with E-state index in [0.717, 1.165) is 16.7 Å². The fourth-order valence-electron chi connectivity index (χ4n) is 1.71. The fourth-order valence-corrected chi connectivity index (χ4v) is 1.71. The third-order valence-corrected chi connectivity index (χ3v) is 2.71. The lowest BCUT2D eigenvalue weighted by Gasteiger charge is -2.01. The van der Waals surface area contributed by atoms with Crippen molar-refractivity contribution in [2.24, 2.45) is 5.16 Å². The summed E-state index contributed by atoms with van der Waals surface area (Å²) in [4.78, 5) is 5.25. The molecule has 0 aromatic heterocycles. The molecule has 0 saturated carbocycles. The minimum atomic E-state index is 0.399. The van der Waals surface area contributed by atoms with E-state index in [2.05, 4.69) is 17.8 Å². The van der Waals surface area contributed by atoms with Gasteiger partial charge in [0.15, 0.2) is 0 Å². The van der Waals surface area contributed by atoms with Crippen LogP contribution in [0.2, 0.25) is 0 Å². The van der Waals surface area contributed by atoms with E-state index in [1.54, 1.807) is 24.4 Å². The second-order valence-corrected chi connectivity index (χ2v) is 4.19. The van der Waals surface area contributed by atoms with Crippen LogP contribution in [0.3, 0.4) is 0 Å². The summed E-state index contributed by atoms with van der Waals surface area (Å²) >= 11 is 0. The molecule has 0 bridgehead atoms. The second kappa shape index (κ2) is 6.91. The average molecular weight is 262 g/mol. The number of hydrogen-bond acceptors (Lipinski definition) is 3. The lowest BCUT2D eigenvalue weighted by Crippen LogP contribution is -1.89. The van der Waals surface area contributed by atoms with Gasteiger partial charge in [-0.3, -0.25) is 0 Å². The maximum absolute atomic E-state index is 8.80. The van der Waals surface area contributed by atoms with Gasteiger partial charge in [0, 0.05) is 0 Å². The average Bonchev–Trinajstić information content (AvgIpc) is 2.52. The smallest absolute Gasteiger partial charge is 0.142 e. The Bertz CT molecular complexity index is 669. The molecule has 0 aliphatic heterocycles. The van der Waals surface area contributed by atoms with Gasteiger partial charge in [0.05, 0.1) is 17.8 Å². The summed E-state index contributed by atoms with van der Waals surface area (Å²) in [5.41, 5.74) is 3.53. The zero-order chi connectivity index (χ0) is 14.2. The molecule has 0 aliphatic rings. The van der Waals surface area contributed by atoms with Crippen molar-refractivity contribution in [3.05, 3.63) is 77.4 Å². The van der Waals surface area contributed by atoms with E-state index < -0.39 is 0 Å². The van der Waals surface area contributed by atoms with Crippen LogP contribution in [0, 0.1) is 11.3 Å². The van der Waals surface area contributed by atoms with Crippen LogP contribution in [0.25, 0.3) is 6.08 Å². The van der Waals surface area contributed by atoms with Crippen molar-refractivity contribution in [1.29, 1.82) is 5.26 Å². The van der Waals surface area contributed by atoms with Crippen molar-refractivity contribution >= 4 is 12.3 Å². The Hall–Kier alpha value is -2.86. The SMILES string of the molecule is C=Cc1cccc(CON=Cc2cccc(C#N)c2)c1. The molecule has 0 amide bonds. The van der Waals surface area contributed by atoms with E-state index in [0.29, 0.717) is 12.2 Å². The highest BCUT2D eigenvalue weighted by molar-refractivity contribution is 5.79. The number of rotatable bonds is 5. The molecule has 0 N–H and O–H groups in total. The van der Waals surface area contributed by atoms with Crippen molar-refractivity contribution in [2.45, 2.75) is 6.61 Å². The molecule has 0 fully saturated rings. The molecule has 0 saturated heterocycles. The zero-order valence-corrected chi connectivity index (χ0v) is 11.0. The molecular formula is C17H14N2O. The molecule has 0 radical (unpaired) electrons. The summed E-state index contributed by atoms with van der Waals surface area (Å²) in [7, 11) is 0. The van der Waals surface area contributed by atoms with Crippen LogP contribution in [0.15, 0.2) is 60.3 Å². The summed E-state index contributed by atoms with van der Waals surface area (Å²) in [6.07, 6.45) is 3.39. The first kappa shape index (κ1) is 13.6. The predicted molar refractivity (Wildman–Crippen MR) is 80.1 cm³/mol. The molecule has 20 heavy (non-hydrogen) atoms. The topological polar surface area (TPSA) is 45.4 Å². The summed E-state index contributed by atoms with van der Waals surface area (Å²) in [6, 6.07) is 17.2. The first-order valence-electron chi connectivity index (χ1n) is 6.18. The molecule has 2 aromatic carbocycles. The highest BCUT2D eigenvalue weighted by atomic mass is 16.6. The van der Waals surface area contributed by atoms with Crippen LogP contribution in [-0.4, -0.2) is 6.21 Å². The van der Waals surface area contributed by atoms with E-state index in [1.807, 2.05) is 36.4 Å². The standard InChI is InChI=1S/C17H14N2O/c1-2-14-5-3-8-17(9-14)13-20-19-12-16-7-4-6-15(10-16)11-18/h2-10,12H,1,13H2. The van der Waals surface area contributed by atoms with Gasteiger partial charge in [0.1, 0.15) is 6.61 Å². The summed E-state index contributed by atoms with van der Waals surface area (Å²) in [5, 5.41) is 12.7. The first-order chi connectivity index (χ1) is 9.81. The Morgan fingerprint density at radius 2 is 1.95 bits per heavy atom. The molecule has 2 aromatic rings. The second-order valence-electron chi connectivity index (χ2n) is 4.19. The van der Waals surface area contributed by atoms with Gasteiger partial charge in [-0.15, -0.1) is 0 Å². The Morgan fingerprint density at radius 1 is 1.15 bits per heavy atom. The van der Waals surface area contributed by atoms with Gasteiger partial charge < -0.3 is 4.84 Å². The lowest BCUT2D eigenvalue weighted by atomic mass is 10.1. The molecule has 2 rings (SSSR count). The number of hydrogen-bond donors (Lipinski definition) is 0. The Morgan fingerprint density at radius 3 is 2.75 bits per heavy atom. The molecule has 0 heterocycles. The highest BCUT2D eigenvalue weighted by Gasteiger charge is 1.94. The van der Waals surface area contributed by atoms with Crippen molar-refractivity contribution in [3.63, 3.8) is 0 Å². The largest absolute Gasteiger partial charge is 0.391 e. The van der Waals surface area contributed by atoms with Gasteiger partial charge in [0.2, 0.25) is 0 Å². The number of oxime groups is 1. The van der Waals surface area contributed by atoms with Gasteiger partial charge >= 0.3 is 0 Å². The minimum absolute atomic E-state index is 0.399. The minimum Gasteiger partial charge on any atom is -0.391 e. The molecule has 98 valence electrons. The van der Waals surface area contributed by atoms with Gasteiger partial charge in [-0.2, -0.15) is 5.26 Å². The molecule has 0 unspecified atom stereocenters. The molecule has 3 nitrogen and oxygen atoms in total. The fraction of sp³-hybridized carbons (Fsp3) is 0.0588. The van der Waals surface area contributed by atoms with Crippen molar-refractivity contribution < 1.29 is 4.84 Å². The van der Waals surface area contributed by atoms with Crippen molar-refractivity contribution in [3.8, 4) is 6.07 Å². The van der Waals surface area contributed by atoms with Gasteiger partial charge in [-0.1, -0.05) is 48.1 Å². The molecule has 3 heteroatoms. The van der Waals surface area contributed by atoms with Crippen LogP contribution < -0.4 is 0 Å². The third-order valence-electron chi connectivity index (χ3n) is 2.71. The summed E-state index contributed by atoms with van der Waals surface area (Å²) < 4.78 is 0.